The first kappa shape index (κ1) is 9.75. The van der Waals surface area contributed by atoms with E-state index in [2.05, 4.69) is 20.7 Å². The van der Waals surface area contributed by atoms with Gasteiger partial charge in [-0.25, -0.2) is 4.79 Å². The van der Waals surface area contributed by atoms with E-state index in [1.54, 1.807) is 12.1 Å². The number of hydrogen-bond acceptors (Lipinski definition) is 3. The molecule has 0 fully saturated rings. The molecule has 0 aromatic heterocycles. The molecule has 4 heteroatoms. The van der Waals surface area contributed by atoms with Gasteiger partial charge >= 0.3 is 5.97 Å². The highest BCUT2D eigenvalue weighted by atomic mass is 79.9. The summed E-state index contributed by atoms with van der Waals surface area (Å²) in [5, 5.41) is 8.59. The summed E-state index contributed by atoms with van der Waals surface area (Å²) in [6.07, 6.45) is 0. The van der Waals surface area contributed by atoms with Crippen molar-refractivity contribution in [1.82, 2.24) is 0 Å². The van der Waals surface area contributed by atoms with Crippen molar-refractivity contribution in [2.24, 2.45) is 0 Å². The molecule has 0 aliphatic rings. The summed E-state index contributed by atoms with van der Waals surface area (Å²) in [6, 6.07) is 6.69. The largest absolute Gasteiger partial charge is 0.465 e. The molecule has 0 radical (unpaired) electrons. The van der Waals surface area contributed by atoms with E-state index in [1.165, 1.54) is 13.2 Å². The molecule has 0 atom stereocenters. The Hall–Kier alpha value is -1.34. The van der Waals surface area contributed by atoms with Crippen LogP contribution in [0.25, 0.3) is 0 Å². The third-order valence-corrected chi connectivity index (χ3v) is 2.19. The van der Waals surface area contributed by atoms with E-state index >= 15 is 0 Å². The van der Waals surface area contributed by atoms with Crippen molar-refractivity contribution < 1.29 is 9.53 Å². The molecule has 0 amide bonds. The first-order valence-electron chi connectivity index (χ1n) is 3.47. The van der Waals surface area contributed by atoms with Gasteiger partial charge in [0.1, 0.15) is 0 Å². The predicted molar refractivity (Wildman–Crippen MR) is 50.2 cm³/mol. The van der Waals surface area contributed by atoms with Crippen molar-refractivity contribution in [3.05, 3.63) is 33.8 Å². The van der Waals surface area contributed by atoms with Gasteiger partial charge in [0.15, 0.2) is 0 Å². The molecule has 66 valence electrons. The Morgan fingerprint density at radius 1 is 1.62 bits per heavy atom. The van der Waals surface area contributed by atoms with E-state index in [0.29, 0.717) is 15.6 Å². The summed E-state index contributed by atoms with van der Waals surface area (Å²) in [5.41, 5.74) is 0.796. The Bertz CT molecular complexity index is 382. The Morgan fingerprint density at radius 3 is 2.85 bits per heavy atom. The second kappa shape index (κ2) is 4.06. The number of methoxy groups -OCH3 is 1. The monoisotopic (exact) mass is 239 g/mol. The second-order valence-corrected chi connectivity index (χ2v) is 3.15. The van der Waals surface area contributed by atoms with Crippen LogP contribution in [0.15, 0.2) is 22.7 Å². The van der Waals surface area contributed by atoms with Crippen LogP contribution in [0.5, 0.6) is 0 Å². The fourth-order valence-corrected chi connectivity index (χ4v) is 1.27. The molecule has 13 heavy (non-hydrogen) atoms. The van der Waals surface area contributed by atoms with Crippen LogP contribution in [0.1, 0.15) is 15.9 Å². The van der Waals surface area contributed by atoms with Gasteiger partial charge in [-0.1, -0.05) is 0 Å². The molecular weight excluding hydrogens is 234 g/mol. The van der Waals surface area contributed by atoms with E-state index in [9.17, 15) is 4.79 Å². The van der Waals surface area contributed by atoms with Gasteiger partial charge in [-0.05, 0) is 34.1 Å². The summed E-state index contributed by atoms with van der Waals surface area (Å²) in [5.74, 6) is -0.455. The molecule has 0 N–H and O–H groups in total. The number of carbonyl (C=O) groups excluding carboxylic acids is 1. The van der Waals surface area contributed by atoms with E-state index in [-0.39, 0.29) is 0 Å². The summed E-state index contributed by atoms with van der Waals surface area (Å²) in [6.45, 7) is 0. The minimum absolute atomic E-state index is 0.363. The van der Waals surface area contributed by atoms with E-state index in [0.717, 1.165) is 0 Å². The minimum Gasteiger partial charge on any atom is -0.465 e. The van der Waals surface area contributed by atoms with Crippen LogP contribution in [-0.4, -0.2) is 13.1 Å². The minimum atomic E-state index is -0.455. The summed E-state index contributed by atoms with van der Waals surface area (Å²) >= 11 is 3.19. The highest BCUT2D eigenvalue weighted by Crippen LogP contribution is 2.18. The fraction of sp³-hybridized carbons (Fsp3) is 0.111. The van der Waals surface area contributed by atoms with Crippen LogP contribution < -0.4 is 0 Å². The molecule has 0 unspecified atom stereocenters. The molecule has 0 aliphatic heterocycles. The smallest absolute Gasteiger partial charge is 0.339 e. The normalized spacial score (nSPS) is 9.00. The Morgan fingerprint density at radius 2 is 2.31 bits per heavy atom. The van der Waals surface area contributed by atoms with Gasteiger partial charge in [-0.3, -0.25) is 0 Å². The Balaban J connectivity index is 3.20. The number of carbonyl (C=O) groups is 1. The molecule has 1 aromatic carbocycles. The second-order valence-electron chi connectivity index (χ2n) is 2.30. The van der Waals surface area contributed by atoms with Crippen LogP contribution in [-0.2, 0) is 4.74 Å². The summed E-state index contributed by atoms with van der Waals surface area (Å²) in [4.78, 5) is 11.1. The highest BCUT2D eigenvalue weighted by molar-refractivity contribution is 9.10. The Labute approximate surface area is 84.1 Å². The Kier molecular flexibility index (Phi) is 3.04. The van der Waals surface area contributed by atoms with Gasteiger partial charge in [0.25, 0.3) is 0 Å². The van der Waals surface area contributed by atoms with Crippen LogP contribution in [0, 0.1) is 11.3 Å². The zero-order valence-corrected chi connectivity index (χ0v) is 8.46. The molecule has 1 aromatic rings. The predicted octanol–water partition coefficient (Wildman–Crippen LogP) is 2.11. The lowest BCUT2D eigenvalue weighted by Crippen LogP contribution is -2.02. The fourth-order valence-electron chi connectivity index (χ4n) is 0.861. The topological polar surface area (TPSA) is 50.1 Å². The molecule has 0 spiro atoms. The number of nitriles is 1. The van der Waals surface area contributed by atoms with Gasteiger partial charge in [0.05, 0.1) is 24.3 Å². The maximum atomic E-state index is 11.1. The zero-order valence-electron chi connectivity index (χ0n) is 6.87. The summed E-state index contributed by atoms with van der Waals surface area (Å²) < 4.78 is 5.16. The molecule has 1 rings (SSSR count). The lowest BCUT2D eigenvalue weighted by Gasteiger charge is -2.01. The van der Waals surface area contributed by atoms with Crippen molar-refractivity contribution in [3.8, 4) is 6.07 Å². The highest BCUT2D eigenvalue weighted by Gasteiger charge is 2.10. The van der Waals surface area contributed by atoms with Gasteiger partial charge in [-0.15, -0.1) is 0 Å². The third-order valence-electron chi connectivity index (χ3n) is 1.50. The number of nitrogens with zero attached hydrogens (tertiary/aromatic N) is 1. The summed E-state index contributed by atoms with van der Waals surface area (Å²) in [7, 11) is 1.30. The first-order chi connectivity index (χ1) is 6.19. The van der Waals surface area contributed by atoms with Crippen molar-refractivity contribution in [2.45, 2.75) is 0 Å². The molecule has 3 nitrogen and oxygen atoms in total. The van der Waals surface area contributed by atoms with Gasteiger partial charge in [0, 0.05) is 4.47 Å². The van der Waals surface area contributed by atoms with Crippen LogP contribution in [0.4, 0.5) is 0 Å². The molecule has 0 heterocycles. The molecule has 0 saturated carbocycles. The average Bonchev–Trinajstić information content (AvgIpc) is 2.17. The lowest BCUT2D eigenvalue weighted by atomic mass is 10.1. The maximum absolute atomic E-state index is 11.1. The molecule has 0 aliphatic carbocycles. The van der Waals surface area contributed by atoms with Crippen molar-refractivity contribution in [3.63, 3.8) is 0 Å². The van der Waals surface area contributed by atoms with Crippen molar-refractivity contribution >= 4 is 21.9 Å². The zero-order chi connectivity index (χ0) is 9.84. The maximum Gasteiger partial charge on any atom is 0.339 e. The number of benzene rings is 1. The number of halogens is 1. The van der Waals surface area contributed by atoms with Gasteiger partial charge in [-0.2, -0.15) is 5.26 Å². The van der Waals surface area contributed by atoms with Crippen molar-refractivity contribution in [1.29, 1.82) is 5.26 Å². The van der Waals surface area contributed by atoms with Crippen molar-refractivity contribution in [2.75, 3.05) is 7.11 Å². The third kappa shape index (κ3) is 2.07. The SMILES string of the molecule is COC(=O)c1cc(C#N)ccc1Br. The van der Waals surface area contributed by atoms with Crippen LogP contribution >= 0.6 is 15.9 Å². The van der Waals surface area contributed by atoms with Crippen LogP contribution in [0.2, 0.25) is 0 Å². The lowest BCUT2D eigenvalue weighted by molar-refractivity contribution is 0.0599. The number of ether oxygens (including phenoxy) is 1. The van der Waals surface area contributed by atoms with Gasteiger partial charge in [0.2, 0.25) is 0 Å². The first-order valence-corrected chi connectivity index (χ1v) is 4.26. The number of rotatable bonds is 1. The number of hydrogen-bond donors (Lipinski definition) is 0. The molecule has 0 bridgehead atoms. The van der Waals surface area contributed by atoms with E-state index < -0.39 is 5.97 Å². The van der Waals surface area contributed by atoms with Gasteiger partial charge < -0.3 is 4.74 Å². The van der Waals surface area contributed by atoms with E-state index in [1.807, 2.05) is 6.07 Å². The van der Waals surface area contributed by atoms with Crippen LogP contribution in [0.3, 0.4) is 0 Å². The average molecular weight is 240 g/mol. The van der Waals surface area contributed by atoms with E-state index in [4.69, 9.17) is 5.26 Å². The number of esters is 1. The molecule has 0 saturated heterocycles. The molecular formula is C9H6BrNO2. The standard InChI is InChI=1S/C9H6BrNO2/c1-13-9(12)7-4-6(5-11)2-3-8(7)10/h2-4H,1H3. The quantitative estimate of drug-likeness (QED) is 0.706.